The van der Waals surface area contributed by atoms with Crippen LogP contribution in [0.3, 0.4) is 0 Å². The van der Waals surface area contributed by atoms with E-state index in [9.17, 15) is 0 Å². The van der Waals surface area contributed by atoms with Gasteiger partial charge in [-0.3, -0.25) is 0 Å². The summed E-state index contributed by atoms with van der Waals surface area (Å²) in [6.07, 6.45) is 1.14. The Morgan fingerprint density at radius 1 is 0.812 bits per heavy atom. The van der Waals surface area contributed by atoms with Crippen LogP contribution in [0.4, 0.5) is 0 Å². The smallest absolute Gasteiger partial charge is 0.0115 e. The number of hydrogen-bond acceptors (Lipinski definition) is 1. The molecule has 0 bridgehead atoms. The summed E-state index contributed by atoms with van der Waals surface area (Å²) < 4.78 is 0. The molecule has 16 heavy (non-hydrogen) atoms. The highest BCUT2D eigenvalue weighted by molar-refractivity contribution is 5.63. The summed E-state index contributed by atoms with van der Waals surface area (Å²) in [5, 5.41) is 0. The van der Waals surface area contributed by atoms with Crippen LogP contribution in [-0.4, -0.2) is 6.04 Å². The van der Waals surface area contributed by atoms with E-state index in [2.05, 4.69) is 48.5 Å². The van der Waals surface area contributed by atoms with E-state index in [0.29, 0.717) is 12.0 Å². The van der Waals surface area contributed by atoms with Gasteiger partial charge in [0.15, 0.2) is 0 Å². The van der Waals surface area contributed by atoms with Crippen molar-refractivity contribution in [2.45, 2.75) is 18.4 Å². The van der Waals surface area contributed by atoms with Crippen LogP contribution < -0.4 is 5.73 Å². The molecule has 1 saturated carbocycles. The predicted octanol–water partition coefficient (Wildman–Crippen LogP) is 3.17. The minimum atomic E-state index is 0.391. The zero-order valence-corrected chi connectivity index (χ0v) is 9.14. The fourth-order valence-corrected chi connectivity index (χ4v) is 2.15. The fraction of sp³-hybridized carbons (Fsp3) is 0.200. The zero-order chi connectivity index (χ0) is 11.0. The Morgan fingerprint density at radius 2 is 1.38 bits per heavy atom. The molecule has 2 atom stereocenters. The van der Waals surface area contributed by atoms with Gasteiger partial charge in [0.1, 0.15) is 0 Å². The van der Waals surface area contributed by atoms with E-state index in [4.69, 9.17) is 5.73 Å². The topological polar surface area (TPSA) is 26.0 Å². The third-order valence-corrected chi connectivity index (χ3v) is 3.29. The summed E-state index contributed by atoms with van der Waals surface area (Å²) in [7, 11) is 0. The lowest BCUT2D eigenvalue weighted by molar-refractivity contribution is 0.991. The van der Waals surface area contributed by atoms with Crippen molar-refractivity contribution in [1.82, 2.24) is 0 Å². The normalized spacial score (nSPS) is 23.1. The highest BCUT2D eigenvalue weighted by Crippen LogP contribution is 2.39. The number of nitrogens with two attached hydrogens (primary N) is 1. The maximum atomic E-state index is 5.85. The van der Waals surface area contributed by atoms with Gasteiger partial charge in [-0.25, -0.2) is 0 Å². The average molecular weight is 209 g/mol. The van der Waals surface area contributed by atoms with Gasteiger partial charge in [-0.05, 0) is 23.1 Å². The van der Waals surface area contributed by atoms with Crippen molar-refractivity contribution in [3.05, 3.63) is 60.2 Å². The molecule has 1 nitrogen and oxygen atoms in total. The van der Waals surface area contributed by atoms with Crippen LogP contribution in [0.25, 0.3) is 11.1 Å². The van der Waals surface area contributed by atoms with Gasteiger partial charge in [0, 0.05) is 12.0 Å². The molecule has 0 aliphatic heterocycles. The van der Waals surface area contributed by atoms with Crippen molar-refractivity contribution in [2.75, 3.05) is 0 Å². The molecular formula is C15H15N. The van der Waals surface area contributed by atoms with Gasteiger partial charge in [0.05, 0.1) is 0 Å². The van der Waals surface area contributed by atoms with Crippen molar-refractivity contribution in [3.63, 3.8) is 0 Å². The van der Waals surface area contributed by atoms with E-state index in [1.807, 2.05) is 6.07 Å². The van der Waals surface area contributed by atoms with Gasteiger partial charge in [-0.1, -0.05) is 54.6 Å². The Hall–Kier alpha value is -1.60. The molecule has 1 aliphatic rings. The minimum Gasteiger partial charge on any atom is -0.327 e. The molecule has 0 radical (unpaired) electrons. The van der Waals surface area contributed by atoms with Crippen molar-refractivity contribution >= 4 is 0 Å². The highest BCUT2D eigenvalue weighted by Gasteiger charge is 2.34. The third kappa shape index (κ3) is 1.74. The Bertz CT molecular complexity index is 473. The second-order valence-corrected chi connectivity index (χ2v) is 4.49. The zero-order valence-electron chi connectivity index (χ0n) is 9.14. The molecule has 2 aromatic rings. The van der Waals surface area contributed by atoms with Crippen LogP contribution in [0.2, 0.25) is 0 Å². The quantitative estimate of drug-likeness (QED) is 0.807. The summed E-state index contributed by atoms with van der Waals surface area (Å²) >= 11 is 0. The van der Waals surface area contributed by atoms with E-state index in [0.717, 1.165) is 6.42 Å². The van der Waals surface area contributed by atoms with E-state index in [1.54, 1.807) is 0 Å². The first kappa shape index (κ1) is 9.61. The molecule has 0 spiro atoms. The Morgan fingerprint density at radius 3 is 1.94 bits per heavy atom. The summed E-state index contributed by atoms with van der Waals surface area (Å²) in [5.74, 6) is 0.602. The molecular weight excluding hydrogens is 194 g/mol. The molecule has 80 valence electrons. The van der Waals surface area contributed by atoms with E-state index in [1.165, 1.54) is 16.7 Å². The first-order valence-electron chi connectivity index (χ1n) is 5.75. The fourth-order valence-electron chi connectivity index (χ4n) is 2.15. The van der Waals surface area contributed by atoms with Gasteiger partial charge in [-0.2, -0.15) is 0 Å². The van der Waals surface area contributed by atoms with Crippen LogP contribution in [0.15, 0.2) is 54.6 Å². The monoisotopic (exact) mass is 209 g/mol. The second kappa shape index (κ2) is 3.76. The standard InChI is InChI=1S/C15H15N/c16-15-10-14(15)13-8-6-12(7-9-13)11-4-2-1-3-5-11/h1-9,14-15H,10,16H2/t14-,15+/m1/s1. The van der Waals surface area contributed by atoms with Crippen LogP contribution in [0.1, 0.15) is 17.9 Å². The molecule has 0 saturated heterocycles. The largest absolute Gasteiger partial charge is 0.327 e. The van der Waals surface area contributed by atoms with Gasteiger partial charge >= 0.3 is 0 Å². The number of rotatable bonds is 2. The Labute approximate surface area is 95.9 Å². The molecule has 1 fully saturated rings. The predicted molar refractivity (Wildman–Crippen MR) is 67.2 cm³/mol. The van der Waals surface area contributed by atoms with Crippen LogP contribution >= 0.6 is 0 Å². The number of benzene rings is 2. The minimum absolute atomic E-state index is 0.391. The van der Waals surface area contributed by atoms with Crippen molar-refractivity contribution in [1.29, 1.82) is 0 Å². The van der Waals surface area contributed by atoms with Crippen molar-refractivity contribution in [2.24, 2.45) is 5.73 Å². The highest BCUT2D eigenvalue weighted by atomic mass is 14.7. The summed E-state index contributed by atoms with van der Waals surface area (Å²) in [6.45, 7) is 0. The molecule has 0 amide bonds. The maximum Gasteiger partial charge on any atom is 0.0115 e. The summed E-state index contributed by atoms with van der Waals surface area (Å²) in [5.41, 5.74) is 9.78. The van der Waals surface area contributed by atoms with Crippen LogP contribution in [0, 0.1) is 0 Å². The van der Waals surface area contributed by atoms with Crippen LogP contribution in [0.5, 0.6) is 0 Å². The Kier molecular flexibility index (Phi) is 2.26. The van der Waals surface area contributed by atoms with Crippen LogP contribution in [-0.2, 0) is 0 Å². The second-order valence-electron chi connectivity index (χ2n) is 4.49. The first-order chi connectivity index (χ1) is 7.84. The molecule has 3 rings (SSSR count). The van der Waals surface area contributed by atoms with Gasteiger partial charge < -0.3 is 5.73 Å². The molecule has 1 aliphatic carbocycles. The average Bonchev–Trinajstić information content (AvgIpc) is 3.08. The maximum absolute atomic E-state index is 5.85. The van der Waals surface area contributed by atoms with E-state index < -0.39 is 0 Å². The van der Waals surface area contributed by atoms with Crippen molar-refractivity contribution in [3.8, 4) is 11.1 Å². The third-order valence-electron chi connectivity index (χ3n) is 3.29. The van der Waals surface area contributed by atoms with Crippen molar-refractivity contribution < 1.29 is 0 Å². The van der Waals surface area contributed by atoms with Gasteiger partial charge in [-0.15, -0.1) is 0 Å². The van der Waals surface area contributed by atoms with E-state index >= 15 is 0 Å². The molecule has 0 aromatic heterocycles. The molecule has 2 N–H and O–H groups in total. The van der Waals surface area contributed by atoms with Gasteiger partial charge in [0.2, 0.25) is 0 Å². The van der Waals surface area contributed by atoms with E-state index in [-0.39, 0.29) is 0 Å². The summed E-state index contributed by atoms with van der Waals surface area (Å²) in [4.78, 5) is 0. The molecule has 1 heteroatoms. The molecule has 0 unspecified atom stereocenters. The lowest BCUT2D eigenvalue weighted by Crippen LogP contribution is -2.00. The lowest BCUT2D eigenvalue weighted by atomic mass is 10.0. The SMILES string of the molecule is N[C@H]1C[C@@H]1c1ccc(-c2ccccc2)cc1. The summed E-state index contributed by atoms with van der Waals surface area (Å²) in [6, 6.07) is 19.6. The molecule has 2 aromatic carbocycles. The molecule has 0 heterocycles. The first-order valence-corrected chi connectivity index (χ1v) is 5.75. The van der Waals surface area contributed by atoms with Gasteiger partial charge in [0.25, 0.3) is 0 Å². The Balaban J connectivity index is 1.88. The number of hydrogen-bond donors (Lipinski definition) is 1. The lowest BCUT2D eigenvalue weighted by Gasteiger charge is -2.03.